The van der Waals surface area contributed by atoms with Crippen LogP contribution in [-0.2, 0) is 13.2 Å². The van der Waals surface area contributed by atoms with E-state index in [1.54, 1.807) is 12.1 Å². The molecule has 0 aromatic heterocycles. The van der Waals surface area contributed by atoms with Crippen LogP contribution in [0.5, 0.6) is 11.5 Å². The highest BCUT2D eigenvalue weighted by Crippen LogP contribution is 2.38. The van der Waals surface area contributed by atoms with Crippen LogP contribution in [0.1, 0.15) is 23.6 Å². The zero-order valence-corrected chi connectivity index (χ0v) is 21.6. The van der Waals surface area contributed by atoms with Gasteiger partial charge in [-0.25, -0.2) is 4.39 Å². The van der Waals surface area contributed by atoms with Crippen molar-refractivity contribution in [2.45, 2.75) is 20.1 Å². The van der Waals surface area contributed by atoms with Crippen molar-refractivity contribution in [1.82, 2.24) is 9.80 Å². The minimum atomic E-state index is -0.265. The molecule has 1 fully saturated rings. The van der Waals surface area contributed by atoms with Gasteiger partial charge in [-0.2, -0.15) is 0 Å². The van der Waals surface area contributed by atoms with Crippen molar-refractivity contribution in [3.8, 4) is 11.5 Å². The molecular weight excluding hydrogens is 515 g/mol. The molecule has 1 saturated heterocycles. The lowest BCUT2D eigenvalue weighted by Gasteiger charge is -2.36. The molecule has 0 amide bonds. The molecule has 0 aliphatic carbocycles. The van der Waals surface area contributed by atoms with Crippen molar-refractivity contribution in [1.29, 1.82) is 0 Å². The first-order valence-corrected chi connectivity index (χ1v) is 12.6. The van der Waals surface area contributed by atoms with Gasteiger partial charge in [-0.15, -0.1) is 0 Å². The Morgan fingerprint density at radius 2 is 1.65 bits per heavy atom. The van der Waals surface area contributed by atoms with Gasteiger partial charge in [-0.1, -0.05) is 54.7 Å². The van der Waals surface area contributed by atoms with Gasteiger partial charge in [0.15, 0.2) is 11.5 Å². The zero-order chi connectivity index (χ0) is 23.9. The lowest BCUT2D eigenvalue weighted by molar-refractivity contribution is 0.177. The molecule has 7 heteroatoms. The Hall–Kier alpha value is -2.48. The van der Waals surface area contributed by atoms with Gasteiger partial charge in [-0.05, 0) is 58.2 Å². The summed E-state index contributed by atoms with van der Waals surface area (Å²) in [6.07, 6.45) is 0. The van der Waals surface area contributed by atoms with Gasteiger partial charge in [-0.3, -0.25) is 4.90 Å². The second kappa shape index (κ2) is 11.8. The normalized spacial score (nSPS) is 14.1. The van der Waals surface area contributed by atoms with E-state index in [9.17, 15) is 4.39 Å². The third-order valence-electron chi connectivity index (χ3n) is 5.76. The van der Waals surface area contributed by atoms with Gasteiger partial charge in [0.2, 0.25) is 0 Å². The summed E-state index contributed by atoms with van der Waals surface area (Å²) >= 11 is 9.50. The van der Waals surface area contributed by atoms with Gasteiger partial charge in [0, 0.05) is 38.3 Å². The van der Waals surface area contributed by atoms with E-state index >= 15 is 0 Å². The maximum absolute atomic E-state index is 13.2. The molecule has 178 valence electrons. The molecule has 0 unspecified atom stereocenters. The highest BCUT2D eigenvalue weighted by molar-refractivity contribution is 9.10. The number of piperazine rings is 1. The average molecular weight is 544 g/mol. The van der Waals surface area contributed by atoms with Crippen LogP contribution in [0, 0.1) is 5.82 Å². The SMILES string of the molecule is CCOc1cc(C(=S)N2CCN(Cc3ccccc3)CC2)cc(Br)c1OCc1ccc(F)cc1. The Morgan fingerprint density at radius 1 is 0.941 bits per heavy atom. The summed E-state index contributed by atoms with van der Waals surface area (Å²) in [6, 6.07) is 20.8. The van der Waals surface area contributed by atoms with Gasteiger partial charge in [0.05, 0.1) is 11.1 Å². The molecule has 4 nitrogen and oxygen atoms in total. The van der Waals surface area contributed by atoms with Gasteiger partial charge in [0.1, 0.15) is 17.4 Å². The van der Waals surface area contributed by atoms with Crippen LogP contribution < -0.4 is 9.47 Å². The summed E-state index contributed by atoms with van der Waals surface area (Å²) in [5.41, 5.74) is 3.14. The topological polar surface area (TPSA) is 24.9 Å². The van der Waals surface area contributed by atoms with Crippen LogP contribution in [0.25, 0.3) is 0 Å². The van der Waals surface area contributed by atoms with Crippen LogP contribution in [0.15, 0.2) is 71.2 Å². The highest BCUT2D eigenvalue weighted by atomic mass is 79.9. The van der Waals surface area contributed by atoms with Crippen molar-refractivity contribution < 1.29 is 13.9 Å². The molecule has 1 aliphatic heterocycles. The monoisotopic (exact) mass is 542 g/mol. The van der Waals surface area contributed by atoms with E-state index in [0.717, 1.165) is 53.3 Å². The molecule has 4 rings (SSSR count). The van der Waals surface area contributed by atoms with Gasteiger partial charge < -0.3 is 14.4 Å². The molecule has 0 N–H and O–H groups in total. The quantitative estimate of drug-likeness (QED) is 0.322. The molecule has 1 heterocycles. The predicted octanol–water partition coefficient (Wildman–Crippen LogP) is 6.06. The third kappa shape index (κ3) is 6.34. The molecule has 0 radical (unpaired) electrons. The lowest BCUT2D eigenvalue weighted by Crippen LogP contribution is -2.48. The third-order valence-corrected chi connectivity index (χ3v) is 6.84. The number of rotatable bonds is 8. The summed E-state index contributed by atoms with van der Waals surface area (Å²) in [5, 5.41) is 0. The van der Waals surface area contributed by atoms with Crippen LogP contribution in [-0.4, -0.2) is 47.6 Å². The first kappa shape index (κ1) is 24.6. The van der Waals surface area contributed by atoms with E-state index in [1.165, 1.54) is 17.7 Å². The maximum atomic E-state index is 13.2. The molecular formula is C27H28BrFN2O2S. The largest absolute Gasteiger partial charge is 0.490 e. The summed E-state index contributed by atoms with van der Waals surface area (Å²) < 4.78 is 25.9. The lowest BCUT2D eigenvalue weighted by atomic mass is 10.1. The van der Waals surface area contributed by atoms with Crippen LogP contribution in [0.4, 0.5) is 4.39 Å². The molecule has 0 atom stereocenters. The molecule has 0 bridgehead atoms. The van der Waals surface area contributed by atoms with Crippen LogP contribution in [0.2, 0.25) is 0 Å². The first-order valence-electron chi connectivity index (χ1n) is 11.4. The van der Waals surface area contributed by atoms with Crippen molar-refractivity contribution in [3.05, 3.63) is 93.7 Å². The van der Waals surface area contributed by atoms with Gasteiger partial charge in [0.25, 0.3) is 0 Å². The Kier molecular flexibility index (Phi) is 8.53. The van der Waals surface area contributed by atoms with E-state index in [2.05, 4.69) is 50.0 Å². The van der Waals surface area contributed by atoms with E-state index in [1.807, 2.05) is 25.1 Å². The predicted molar refractivity (Wildman–Crippen MR) is 141 cm³/mol. The number of nitrogens with zero attached hydrogens (tertiary/aromatic N) is 2. The number of ether oxygens (including phenoxy) is 2. The molecule has 3 aromatic carbocycles. The van der Waals surface area contributed by atoms with E-state index in [0.29, 0.717) is 24.7 Å². The van der Waals surface area contributed by atoms with Crippen molar-refractivity contribution in [2.24, 2.45) is 0 Å². The molecule has 0 spiro atoms. The standard InChI is InChI=1S/C27H28BrFN2O2S/c1-2-32-25-17-22(16-24(28)26(25)33-19-21-8-10-23(29)11-9-21)27(34)31-14-12-30(13-15-31)18-20-6-4-3-5-7-20/h3-11,16-17H,2,12-15,18-19H2,1H3. The maximum Gasteiger partial charge on any atom is 0.175 e. The van der Waals surface area contributed by atoms with Crippen molar-refractivity contribution in [2.75, 3.05) is 32.8 Å². The van der Waals surface area contributed by atoms with Crippen LogP contribution in [0.3, 0.4) is 0 Å². The minimum Gasteiger partial charge on any atom is -0.490 e. The molecule has 3 aromatic rings. The minimum absolute atomic E-state index is 0.265. The Bertz CT molecular complexity index is 1100. The second-order valence-electron chi connectivity index (χ2n) is 8.19. The van der Waals surface area contributed by atoms with E-state index in [-0.39, 0.29) is 5.82 Å². The fourth-order valence-electron chi connectivity index (χ4n) is 3.96. The number of halogens is 2. The molecule has 1 aliphatic rings. The van der Waals surface area contributed by atoms with Gasteiger partial charge >= 0.3 is 0 Å². The Labute approximate surface area is 214 Å². The summed E-state index contributed by atoms with van der Waals surface area (Å²) in [5.74, 6) is 0.989. The second-order valence-corrected chi connectivity index (χ2v) is 9.43. The number of hydrogen-bond acceptors (Lipinski definition) is 4. The van der Waals surface area contributed by atoms with Crippen molar-refractivity contribution in [3.63, 3.8) is 0 Å². The van der Waals surface area contributed by atoms with E-state index < -0.39 is 0 Å². The highest BCUT2D eigenvalue weighted by Gasteiger charge is 2.22. The number of hydrogen-bond donors (Lipinski definition) is 0. The zero-order valence-electron chi connectivity index (χ0n) is 19.2. The number of benzene rings is 3. The fourth-order valence-corrected chi connectivity index (χ4v) is 4.82. The summed E-state index contributed by atoms with van der Waals surface area (Å²) in [4.78, 5) is 5.53. The number of thiocarbonyl (C=S) groups is 1. The molecule has 0 saturated carbocycles. The summed E-state index contributed by atoms with van der Waals surface area (Å²) in [6.45, 7) is 7.42. The fraction of sp³-hybridized carbons (Fsp3) is 0.296. The smallest absolute Gasteiger partial charge is 0.175 e. The average Bonchev–Trinajstić information content (AvgIpc) is 2.85. The Morgan fingerprint density at radius 3 is 2.32 bits per heavy atom. The van der Waals surface area contributed by atoms with E-state index in [4.69, 9.17) is 21.7 Å². The Balaban J connectivity index is 1.42. The summed E-state index contributed by atoms with van der Waals surface area (Å²) in [7, 11) is 0. The molecule has 34 heavy (non-hydrogen) atoms. The van der Waals surface area contributed by atoms with Crippen LogP contribution >= 0.6 is 28.1 Å². The first-order chi connectivity index (χ1) is 16.5. The van der Waals surface area contributed by atoms with Crippen molar-refractivity contribution >= 4 is 33.1 Å².